The number of benzene rings is 2. The van der Waals surface area contributed by atoms with Crippen LogP contribution in [0.25, 0.3) is 0 Å². The molecule has 2 amide bonds. The van der Waals surface area contributed by atoms with Gasteiger partial charge in [-0.2, -0.15) is 5.10 Å². The number of hydrogen-bond acceptors (Lipinski definition) is 3. The molecule has 114 valence electrons. The van der Waals surface area contributed by atoms with Gasteiger partial charge in [-0.3, -0.25) is 5.32 Å². The minimum Gasteiger partial charge on any atom is -0.322 e. The monoisotopic (exact) mass is 316 g/mol. The lowest BCUT2D eigenvalue weighted by Gasteiger charge is -2.10. The molecule has 6 heteroatoms. The van der Waals surface area contributed by atoms with Gasteiger partial charge in [-0.05, 0) is 30.7 Å². The third-order valence-electron chi connectivity index (χ3n) is 2.99. The van der Waals surface area contributed by atoms with Crippen LogP contribution in [-0.2, 0) is 6.42 Å². The summed E-state index contributed by atoms with van der Waals surface area (Å²) in [6, 6.07) is 14.4. The molecule has 2 aromatic carbocycles. The normalized spacial score (nSPS) is 11.1. The summed E-state index contributed by atoms with van der Waals surface area (Å²) in [5.74, 6) is 5.72. The van der Waals surface area contributed by atoms with E-state index in [-0.39, 0.29) is 0 Å². The number of halogens is 1. The number of amides is 2. The first-order valence-electron chi connectivity index (χ1n) is 6.72. The van der Waals surface area contributed by atoms with Crippen LogP contribution >= 0.6 is 11.6 Å². The van der Waals surface area contributed by atoms with Crippen molar-refractivity contribution in [2.75, 3.05) is 5.32 Å². The SMILES string of the molecule is Cc1ccc(C/C(=N\N)NC(=O)Nc2cccc(Cl)c2)cc1. The van der Waals surface area contributed by atoms with Crippen LogP contribution in [0, 0.1) is 6.92 Å². The van der Waals surface area contributed by atoms with Crippen molar-refractivity contribution in [3.8, 4) is 0 Å². The molecule has 0 aliphatic heterocycles. The van der Waals surface area contributed by atoms with Gasteiger partial charge < -0.3 is 11.2 Å². The smallest absolute Gasteiger partial charge is 0.322 e. The number of nitrogens with two attached hydrogens (primary N) is 1. The molecule has 2 rings (SSSR count). The van der Waals surface area contributed by atoms with E-state index in [1.807, 2.05) is 31.2 Å². The van der Waals surface area contributed by atoms with Gasteiger partial charge in [0.1, 0.15) is 5.84 Å². The van der Waals surface area contributed by atoms with E-state index in [9.17, 15) is 4.79 Å². The average molecular weight is 317 g/mol. The third-order valence-corrected chi connectivity index (χ3v) is 3.22. The number of nitrogens with one attached hydrogen (secondary N) is 2. The predicted molar refractivity (Wildman–Crippen MR) is 90.1 cm³/mol. The van der Waals surface area contributed by atoms with E-state index < -0.39 is 6.03 Å². The first kappa shape index (κ1) is 15.9. The highest BCUT2D eigenvalue weighted by atomic mass is 35.5. The van der Waals surface area contributed by atoms with Crippen LogP contribution in [0.15, 0.2) is 53.6 Å². The maximum absolute atomic E-state index is 11.9. The van der Waals surface area contributed by atoms with Crippen LogP contribution in [0.2, 0.25) is 5.02 Å². The van der Waals surface area contributed by atoms with Crippen molar-refractivity contribution < 1.29 is 4.79 Å². The Morgan fingerprint density at radius 1 is 1.23 bits per heavy atom. The maximum atomic E-state index is 11.9. The summed E-state index contributed by atoms with van der Waals surface area (Å²) in [5.41, 5.74) is 2.77. The quantitative estimate of drug-likeness (QED) is 0.351. The van der Waals surface area contributed by atoms with Crippen molar-refractivity contribution >= 4 is 29.2 Å². The van der Waals surface area contributed by atoms with E-state index in [2.05, 4.69) is 15.7 Å². The molecule has 22 heavy (non-hydrogen) atoms. The number of nitrogens with zero attached hydrogens (tertiary/aromatic N) is 1. The zero-order valence-electron chi connectivity index (χ0n) is 12.1. The molecule has 0 aliphatic carbocycles. The van der Waals surface area contributed by atoms with Gasteiger partial charge in [-0.25, -0.2) is 4.79 Å². The summed E-state index contributed by atoms with van der Waals surface area (Å²) in [6.07, 6.45) is 0.444. The zero-order valence-corrected chi connectivity index (χ0v) is 12.9. The van der Waals surface area contributed by atoms with Crippen molar-refractivity contribution in [3.63, 3.8) is 0 Å². The molecule has 0 aliphatic rings. The lowest BCUT2D eigenvalue weighted by Crippen LogP contribution is -2.36. The Hall–Kier alpha value is -2.53. The minimum atomic E-state index is -0.418. The lowest BCUT2D eigenvalue weighted by atomic mass is 10.1. The van der Waals surface area contributed by atoms with Crippen LogP contribution in [0.5, 0.6) is 0 Å². The maximum Gasteiger partial charge on any atom is 0.324 e. The Kier molecular flexibility index (Phi) is 5.38. The molecule has 0 saturated heterocycles. The number of amidine groups is 1. The Balaban J connectivity index is 1.95. The molecule has 0 fully saturated rings. The van der Waals surface area contributed by atoms with Crippen molar-refractivity contribution in [3.05, 3.63) is 64.7 Å². The number of carbonyl (C=O) groups excluding carboxylic acids is 1. The largest absolute Gasteiger partial charge is 0.324 e. The second-order valence-corrected chi connectivity index (χ2v) is 5.26. The molecular formula is C16H17ClN4O. The van der Waals surface area contributed by atoms with Gasteiger partial charge in [-0.1, -0.05) is 47.5 Å². The molecule has 0 spiro atoms. The first-order chi connectivity index (χ1) is 10.6. The summed E-state index contributed by atoms with van der Waals surface area (Å²) >= 11 is 5.87. The van der Waals surface area contributed by atoms with Gasteiger partial charge in [0, 0.05) is 17.1 Å². The number of hydrazone groups is 1. The summed E-state index contributed by atoms with van der Waals surface area (Å²) < 4.78 is 0. The molecular weight excluding hydrogens is 300 g/mol. The topological polar surface area (TPSA) is 79.5 Å². The van der Waals surface area contributed by atoms with Gasteiger partial charge in [0.15, 0.2) is 0 Å². The van der Waals surface area contributed by atoms with Crippen LogP contribution in [-0.4, -0.2) is 11.9 Å². The van der Waals surface area contributed by atoms with E-state index in [1.165, 1.54) is 5.56 Å². The number of carbonyl (C=O) groups is 1. The second-order valence-electron chi connectivity index (χ2n) is 4.83. The standard InChI is InChI=1S/C16H17ClN4O/c1-11-5-7-12(8-6-11)9-15(21-18)20-16(22)19-14-4-2-3-13(17)10-14/h2-8,10H,9,18H2,1H3,(H2,19,20,21,22). The molecule has 4 N–H and O–H groups in total. The van der Waals surface area contributed by atoms with Crippen LogP contribution in [0.1, 0.15) is 11.1 Å². The fourth-order valence-corrected chi connectivity index (χ4v) is 2.07. The Morgan fingerprint density at radius 2 is 1.95 bits per heavy atom. The first-order valence-corrected chi connectivity index (χ1v) is 7.10. The van der Waals surface area contributed by atoms with Crippen molar-refractivity contribution in [2.45, 2.75) is 13.3 Å². The van der Waals surface area contributed by atoms with E-state index in [0.717, 1.165) is 5.56 Å². The molecule has 0 aromatic heterocycles. The molecule has 0 saturated carbocycles. The fourth-order valence-electron chi connectivity index (χ4n) is 1.88. The molecule has 0 bridgehead atoms. The van der Waals surface area contributed by atoms with E-state index in [4.69, 9.17) is 17.4 Å². The summed E-state index contributed by atoms with van der Waals surface area (Å²) in [5, 5.41) is 9.47. The molecule has 5 nitrogen and oxygen atoms in total. The zero-order chi connectivity index (χ0) is 15.9. The van der Waals surface area contributed by atoms with Crippen LogP contribution < -0.4 is 16.5 Å². The highest BCUT2D eigenvalue weighted by Crippen LogP contribution is 2.14. The Bertz CT molecular complexity index is 683. The van der Waals surface area contributed by atoms with Gasteiger partial charge in [0.25, 0.3) is 0 Å². The summed E-state index contributed by atoms with van der Waals surface area (Å²) in [6.45, 7) is 2.01. The Morgan fingerprint density at radius 3 is 2.59 bits per heavy atom. The highest BCUT2D eigenvalue weighted by Gasteiger charge is 2.07. The molecule has 0 radical (unpaired) electrons. The van der Waals surface area contributed by atoms with Crippen LogP contribution in [0.4, 0.5) is 10.5 Å². The summed E-state index contributed by atoms with van der Waals surface area (Å²) in [4.78, 5) is 11.9. The molecule has 2 aromatic rings. The lowest BCUT2D eigenvalue weighted by molar-refractivity contribution is 0.256. The van der Waals surface area contributed by atoms with Crippen LogP contribution in [0.3, 0.4) is 0 Å². The van der Waals surface area contributed by atoms with Gasteiger partial charge in [0.05, 0.1) is 0 Å². The second kappa shape index (κ2) is 7.47. The van der Waals surface area contributed by atoms with Gasteiger partial charge in [-0.15, -0.1) is 0 Å². The molecule has 0 unspecified atom stereocenters. The Labute approximate surface area is 134 Å². The van der Waals surface area contributed by atoms with Crippen molar-refractivity contribution in [1.29, 1.82) is 0 Å². The number of anilines is 1. The van der Waals surface area contributed by atoms with E-state index in [1.54, 1.807) is 24.3 Å². The van der Waals surface area contributed by atoms with E-state index >= 15 is 0 Å². The number of aryl methyl sites for hydroxylation is 1. The van der Waals surface area contributed by atoms with Crippen molar-refractivity contribution in [1.82, 2.24) is 5.32 Å². The van der Waals surface area contributed by atoms with Gasteiger partial charge >= 0.3 is 6.03 Å². The number of rotatable bonds is 3. The van der Waals surface area contributed by atoms with Gasteiger partial charge in [0.2, 0.25) is 0 Å². The minimum absolute atomic E-state index is 0.378. The van der Waals surface area contributed by atoms with E-state index in [0.29, 0.717) is 23.0 Å². The predicted octanol–water partition coefficient (Wildman–Crippen LogP) is 3.28. The summed E-state index contributed by atoms with van der Waals surface area (Å²) in [7, 11) is 0. The third kappa shape index (κ3) is 4.79. The molecule has 0 heterocycles. The number of urea groups is 1. The van der Waals surface area contributed by atoms with Crippen molar-refractivity contribution in [2.24, 2.45) is 10.9 Å². The molecule has 0 atom stereocenters. The number of hydrogen-bond donors (Lipinski definition) is 3. The average Bonchev–Trinajstić information content (AvgIpc) is 2.48. The fraction of sp³-hybridized carbons (Fsp3) is 0.125. The highest BCUT2D eigenvalue weighted by molar-refractivity contribution is 6.30.